The van der Waals surface area contributed by atoms with Gasteiger partial charge in [0.1, 0.15) is 0 Å². The molecule has 0 atom stereocenters. The number of benzene rings is 3. The Labute approximate surface area is 124 Å². The van der Waals surface area contributed by atoms with Gasteiger partial charge < -0.3 is 0 Å². The van der Waals surface area contributed by atoms with E-state index in [0.29, 0.717) is 0 Å². The van der Waals surface area contributed by atoms with Crippen molar-refractivity contribution in [2.75, 3.05) is 0 Å². The molecule has 0 aliphatic carbocycles. The van der Waals surface area contributed by atoms with Gasteiger partial charge >= 0.3 is 0 Å². The lowest BCUT2D eigenvalue weighted by Crippen LogP contribution is -1.96. The van der Waals surface area contributed by atoms with Crippen LogP contribution in [-0.4, -0.2) is 7.42 Å². The summed E-state index contributed by atoms with van der Waals surface area (Å²) in [5.74, 6) is 0. The number of fused-ring (bicyclic) bond motifs is 3. The molecule has 0 saturated carbocycles. The zero-order valence-corrected chi connectivity index (χ0v) is 12.9. The van der Waals surface area contributed by atoms with Crippen LogP contribution < -0.4 is 0 Å². The molecule has 95 valence electrons. The van der Waals surface area contributed by atoms with E-state index in [1.165, 1.54) is 27.1 Å². The second kappa shape index (κ2) is 5.54. The first-order chi connectivity index (χ1) is 9.25. The molecule has 0 bridgehead atoms. The molecule has 0 N–H and O–H groups in total. The van der Waals surface area contributed by atoms with Crippen LogP contribution in [0.1, 0.15) is 5.56 Å². The lowest BCUT2D eigenvalue weighted by molar-refractivity contribution is 1.15. The van der Waals surface area contributed by atoms with Crippen LogP contribution in [0.4, 0.5) is 0 Å². The Hall–Kier alpha value is -1.02. The summed E-state index contributed by atoms with van der Waals surface area (Å²) in [5.41, 5.74) is 1.34. The molecular weight excluding hydrogens is 291 g/mol. The summed E-state index contributed by atoms with van der Waals surface area (Å²) in [6, 6.07) is 20.3. The third kappa shape index (κ3) is 2.64. The molecule has 3 rings (SSSR count). The molecule has 3 aromatic rings. The lowest BCUT2D eigenvalue weighted by Gasteiger charge is -2.09. The second-order valence-corrected chi connectivity index (χ2v) is 9.13. The summed E-state index contributed by atoms with van der Waals surface area (Å²) in [5, 5.41) is 5.22. The molecule has 0 aromatic heterocycles. The topological polar surface area (TPSA) is 0 Å². The van der Waals surface area contributed by atoms with E-state index in [0.717, 1.165) is 12.5 Å². The van der Waals surface area contributed by atoms with E-state index in [1.807, 2.05) is 0 Å². The highest BCUT2D eigenvalue weighted by Crippen LogP contribution is 2.28. The SMILES string of the molecule is Cl[Si](Cl)CCc1cccc2c1ccc1ccccc12. The first kappa shape index (κ1) is 13.0. The van der Waals surface area contributed by atoms with Gasteiger partial charge in [-0.05, 0) is 39.6 Å². The summed E-state index contributed by atoms with van der Waals surface area (Å²) in [7, 11) is -1.20. The Balaban J connectivity index is 2.17. The van der Waals surface area contributed by atoms with Crippen molar-refractivity contribution < 1.29 is 0 Å². The maximum Gasteiger partial charge on any atom is 0.274 e. The predicted molar refractivity (Wildman–Crippen MR) is 87.4 cm³/mol. The van der Waals surface area contributed by atoms with Crippen LogP contribution in [-0.2, 0) is 6.42 Å². The van der Waals surface area contributed by atoms with Gasteiger partial charge in [0.25, 0.3) is 7.42 Å². The minimum Gasteiger partial charge on any atom is -0.147 e. The van der Waals surface area contributed by atoms with E-state index < -0.39 is 7.42 Å². The fraction of sp³-hybridized carbons (Fsp3) is 0.125. The van der Waals surface area contributed by atoms with Gasteiger partial charge in [-0.15, -0.1) is 22.2 Å². The van der Waals surface area contributed by atoms with E-state index in [9.17, 15) is 0 Å². The predicted octanol–water partition coefficient (Wildman–Crippen LogP) is 5.50. The van der Waals surface area contributed by atoms with Crippen LogP contribution in [0.3, 0.4) is 0 Å². The van der Waals surface area contributed by atoms with Gasteiger partial charge in [-0.1, -0.05) is 54.6 Å². The Bertz CT molecular complexity index is 722. The zero-order chi connectivity index (χ0) is 13.2. The molecule has 0 fully saturated rings. The molecular formula is C16H13Cl2Si. The first-order valence-electron chi connectivity index (χ1n) is 6.32. The standard InChI is InChI=1S/C16H13Cl2Si/c17-19(18)11-10-13-5-3-7-16-14-6-2-1-4-12(14)8-9-15(13)16/h1-9H,10-11H2. The molecule has 0 aliphatic rings. The largest absolute Gasteiger partial charge is 0.274 e. The number of aryl methyl sites for hydroxylation is 1. The fourth-order valence-corrected chi connectivity index (χ4v) is 3.58. The molecule has 0 nitrogen and oxygen atoms in total. The van der Waals surface area contributed by atoms with E-state index in [-0.39, 0.29) is 0 Å². The number of hydrogen-bond acceptors (Lipinski definition) is 0. The van der Waals surface area contributed by atoms with E-state index in [2.05, 4.69) is 54.6 Å². The van der Waals surface area contributed by atoms with Crippen LogP contribution >= 0.6 is 22.2 Å². The zero-order valence-electron chi connectivity index (χ0n) is 10.4. The van der Waals surface area contributed by atoms with Crippen LogP contribution in [0.25, 0.3) is 21.5 Å². The normalized spacial score (nSPS) is 11.5. The molecule has 0 heterocycles. The quantitative estimate of drug-likeness (QED) is 0.340. The molecule has 0 aliphatic heterocycles. The minimum absolute atomic E-state index is 0.889. The Morgan fingerprint density at radius 3 is 2.37 bits per heavy atom. The van der Waals surface area contributed by atoms with Crippen LogP contribution in [0.5, 0.6) is 0 Å². The molecule has 3 aromatic carbocycles. The van der Waals surface area contributed by atoms with Crippen molar-refractivity contribution in [1.29, 1.82) is 0 Å². The van der Waals surface area contributed by atoms with E-state index in [4.69, 9.17) is 22.2 Å². The summed E-state index contributed by atoms with van der Waals surface area (Å²) in [6.07, 6.45) is 0.955. The maximum absolute atomic E-state index is 5.94. The van der Waals surface area contributed by atoms with Gasteiger partial charge in [-0.25, -0.2) is 0 Å². The highest BCUT2D eigenvalue weighted by molar-refractivity contribution is 7.33. The summed E-state index contributed by atoms with van der Waals surface area (Å²) < 4.78 is 0. The van der Waals surface area contributed by atoms with E-state index >= 15 is 0 Å². The van der Waals surface area contributed by atoms with E-state index in [1.54, 1.807) is 0 Å². The third-order valence-corrected chi connectivity index (χ3v) is 5.22. The summed E-state index contributed by atoms with van der Waals surface area (Å²) >= 11 is 11.9. The van der Waals surface area contributed by atoms with Gasteiger partial charge in [-0.3, -0.25) is 0 Å². The maximum atomic E-state index is 5.94. The summed E-state index contributed by atoms with van der Waals surface area (Å²) in [4.78, 5) is 0. The van der Waals surface area contributed by atoms with Gasteiger partial charge in [0.2, 0.25) is 0 Å². The molecule has 1 radical (unpaired) electrons. The van der Waals surface area contributed by atoms with Crippen LogP contribution in [0, 0.1) is 0 Å². The smallest absolute Gasteiger partial charge is 0.147 e. The number of rotatable bonds is 3. The van der Waals surface area contributed by atoms with Crippen molar-refractivity contribution in [2.45, 2.75) is 12.5 Å². The lowest BCUT2D eigenvalue weighted by atomic mass is 9.97. The third-order valence-electron chi connectivity index (χ3n) is 3.46. The van der Waals surface area contributed by atoms with Gasteiger partial charge in [0.15, 0.2) is 0 Å². The molecule has 0 spiro atoms. The highest BCUT2D eigenvalue weighted by Gasteiger charge is 2.08. The summed E-state index contributed by atoms with van der Waals surface area (Å²) in [6.45, 7) is 0. The monoisotopic (exact) mass is 303 g/mol. The van der Waals surface area contributed by atoms with Crippen molar-refractivity contribution in [1.82, 2.24) is 0 Å². The molecule has 0 amide bonds. The minimum atomic E-state index is -1.20. The van der Waals surface area contributed by atoms with Crippen molar-refractivity contribution in [2.24, 2.45) is 0 Å². The van der Waals surface area contributed by atoms with Crippen molar-refractivity contribution >= 4 is 51.1 Å². The van der Waals surface area contributed by atoms with Crippen LogP contribution in [0.2, 0.25) is 6.04 Å². The highest BCUT2D eigenvalue weighted by atomic mass is 35.7. The van der Waals surface area contributed by atoms with Crippen molar-refractivity contribution in [3.63, 3.8) is 0 Å². The van der Waals surface area contributed by atoms with Gasteiger partial charge in [-0.2, -0.15) is 0 Å². The number of hydrogen-bond donors (Lipinski definition) is 0. The Morgan fingerprint density at radius 1 is 0.737 bits per heavy atom. The average molecular weight is 304 g/mol. The molecule has 3 heteroatoms. The van der Waals surface area contributed by atoms with Crippen molar-refractivity contribution in [3.05, 3.63) is 60.2 Å². The first-order valence-corrected chi connectivity index (χ1v) is 10.0. The van der Waals surface area contributed by atoms with Gasteiger partial charge in [0.05, 0.1) is 0 Å². The Morgan fingerprint density at radius 2 is 1.53 bits per heavy atom. The van der Waals surface area contributed by atoms with Gasteiger partial charge in [0, 0.05) is 0 Å². The Kier molecular flexibility index (Phi) is 3.78. The molecule has 0 saturated heterocycles. The molecule has 0 unspecified atom stereocenters. The molecule has 19 heavy (non-hydrogen) atoms. The number of halogens is 2. The van der Waals surface area contributed by atoms with Crippen molar-refractivity contribution in [3.8, 4) is 0 Å². The fourth-order valence-electron chi connectivity index (χ4n) is 2.55. The second-order valence-electron chi connectivity index (χ2n) is 4.64. The van der Waals surface area contributed by atoms with Crippen LogP contribution in [0.15, 0.2) is 54.6 Å². The average Bonchev–Trinajstić information content (AvgIpc) is 2.44.